The highest BCUT2D eigenvalue weighted by atomic mass is 15.1. The summed E-state index contributed by atoms with van der Waals surface area (Å²) in [4.78, 5) is 8.64. The lowest BCUT2D eigenvalue weighted by atomic mass is 10.2. The van der Waals surface area contributed by atoms with Gasteiger partial charge in [0.15, 0.2) is 0 Å². The summed E-state index contributed by atoms with van der Waals surface area (Å²) in [5.41, 5.74) is 3.16. The molecule has 2 aromatic rings. The van der Waals surface area contributed by atoms with Crippen molar-refractivity contribution >= 4 is 12.0 Å². The van der Waals surface area contributed by atoms with Crippen molar-refractivity contribution in [1.29, 1.82) is 0 Å². The number of hydrogen-bond acceptors (Lipinski definition) is 3. The Hall–Kier alpha value is -2.16. The number of aryl methyl sites for hydroxylation is 2. The number of benzene rings is 1. The molecule has 0 unspecified atom stereocenters. The minimum atomic E-state index is 0.685. The number of hydrogen-bond donors (Lipinski definition) is 1. The molecule has 0 radical (unpaired) electrons. The van der Waals surface area contributed by atoms with Crippen LogP contribution in [0.4, 0.5) is 5.95 Å². The fourth-order valence-electron chi connectivity index (χ4n) is 1.71. The lowest BCUT2D eigenvalue weighted by molar-refractivity contribution is 1.04. The fraction of sp³-hybridized carbons (Fsp3) is 0.200. The van der Waals surface area contributed by atoms with E-state index < -0.39 is 0 Å². The van der Waals surface area contributed by atoms with Crippen molar-refractivity contribution in [2.45, 2.75) is 13.8 Å². The van der Waals surface area contributed by atoms with Gasteiger partial charge in [0.1, 0.15) is 0 Å². The smallest absolute Gasteiger partial charge is 0.223 e. The van der Waals surface area contributed by atoms with Crippen molar-refractivity contribution in [1.82, 2.24) is 9.97 Å². The maximum Gasteiger partial charge on any atom is 0.223 e. The molecule has 1 heterocycles. The average molecular weight is 239 g/mol. The van der Waals surface area contributed by atoms with E-state index in [0.717, 1.165) is 17.9 Å². The third-order valence-corrected chi connectivity index (χ3v) is 2.47. The van der Waals surface area contributed by atoms with E-state index in [9.17, 15) is 0 Å². The van der Waals surface area contributed by atoms with E-state index in [0.29, 0.717) is 5.95 Å². The van der Waals surface area contributed by atoms with Gasteiger partial charge in [-0.15, -0.1) is 0 Å². The molecule has 1 N–H and O–H groups in total. The van der Waals surface area contributed by atoms with Gasteiger partial charge in [0, 0.05) is 17.9 Å². The molecule has 0 bridgehead atoms. The Morgan fingerprint density at radius 1 is 1.06 bits per heavy atom. The van der Waals surface area contributed by atoms with Crippen molar-refractivity contribution in [3.63, 3.8) is 0 Å². The number of nitrogens with zero attached hydrogens (tertiary/aromatic N) is 2. The highest BCUT2D eigenvalue weighted by molar-refractivity contribution is 5.49. The van der Waals surface area contributed by atoms with Gasteiger partial charge < -0.3 is 5.32 Å². The second-order valence-electron chi connectivity index (χ2n) is 4.17. The molecule has 0 aliphatic heterocycles. The first-order chi connectivity index (χ1) is 8.74. The lowest BCUT2D eigenvalue weighted by Crippen LogP contribution is -2.04. The maximum absolute atomic E-state index is 4.32. The molecule has 0 atom stereocenters. The molecule has 18 heavy (non-hydrogen) atoms. The van der Waals surface area contributed by atoms with Crippen molar-refractivity contribution in [3.05, 3.63) is 59.4 Å². The molecular formula is C15H17N3. The molecule has 3 heteroatoms. The summed E-state index contributed by atoms with van der Waals surface area (Å²) >= 11 is 0. The van der Waals surface area contributed by atoms with Gasteiger partial charge in [-0.05, 0) is 25.5 Å². The Labute approximate surface area is 108 Å². The molecule has 0 aliphatic carbocycles. The van der Waals surface area contributed by atoms with E-state index in [1.165, 1.54) is 5.56 Å². The fourth-order valence-corrected chi connectivity index (χ4v) is 1.71. The highest BCUT2D eigenvalue weighted by Gasteiger charge is 1.96. The molecule has 0 fully saturated rings. The van der Waals surface area contributed by atoms with Crippen molar-refractivity contribution < 1.29 is 0 Å². The van der Waals surface area contributed by atoms with Crippen LogP contribution >= 0.6 is 0 Å². The standard InChI is InChI=1S/C15H17N3/c1-12-11-13(2)18-15(17-12)16-10-6-9-14-7-4-3-5-8-14/h3-9,11H,10H2,1-2H3,(H,16,17,18)/b9-6+. The van der Waals surface area contributed by atoms with Crippen LogP contribution in [0.1, 0.15) is 17.0 Å². The van der Waals surface area contributed by atoms with Gasteiger partial charge in [0.25, 0.3) is 0 Å². The van der Waals surface area contributed by atoms with Gasteiger partial charge in [0.05, 0.1) is 0 Å². The van der Waals surface area contributed by atoms with Gasteiger partial charge in [-0.2, -0.15) is 0 Å². The Bertz CT molecular complexity index is 512. The number of nitrogens with one attached hydrogen (secondary N) is 1. The predicted molar refractivity (Wildman–Crippen MR) is 75.5 cm³/mol. The number of aromatic nitrogens is 2. The molecule has 1 aromatic carbocycles. The van der Waals surface area contributed by atoms with E-state index in [2.05, 4.69) is 39.6 Å². The van der Waals surface area contributed by atoms with E-state index in [1.54, 1.807) is 0 Å². The summed E-state index contributed by atoms with van der Waals surface area (Å²) in [5, 5.41) is 3.19. The van der Waals surface area contributed by atoms with Gasteiger partial charge >= 0.3 is 0 Å². The summed E-state index contributed by atoms with van der Waals surface area (Å²) in [7, 11) is 0. The summed E-state index contributed by atoms with van der Waals surface area (Å²) < 4.78 is 0. The Kier molecular flexibility index (Phi) is 4.07. The van der Waals surface area contributed by atoms with E-state index in [4.69, 9.17) is 0 Å². The third kappa shape index (κ3) is 3.70. The molecule has 0 saturated carbocycles. The second kappa shape index (κ2) is 5.96. The molecule has 0 aliphatic rings. The lowest BCUT2D eigenvalue weighted by Gasteiger charge is -2.03. The zero-order chi connectivity index (χ0) is 12.8. The Balaban J connectivity index is 1.90. The topological polar surface area (TPSA) is 37.8 Å². The van der Waals surface area contributed by atoms with Crippen LogP contribution in [0.3, 0.4) is 0 Å². The van der Waals surface area contributed by atoms with Gasteiger partial charge in [-0.3, -0.25) is 0 Å². The van der Waals surface area contributed by atoms with Crippen molar-refractivity contribution in [2.24, 2.45) is 0 Å². The van der Waals surface area contributed by atoms with Crippen LogP contribution in [0.25, 0.3) is 6.08 Å². The van der Waals surface area contributed by atoms with E-state index >= 15 is 0 Å². The molecule has 92 valence electrons. The molecule has 0 amide bonds. The summed E-state index contributed by atoms with van der Waals surface area (Å²) in [5.74, 6) is 0.685. The van der Waals surface area contributed by atoms with E-state index in [1.807, 2.05) is 38.1 Å². The van der Waals surface area contributed by atoms with Gasteiger partial charge in [-0.25, -0.2) is 9.97 Å². The van der Waals surface area contributed by atoms with Crippen LogP contribution in [-0.2, 0) is 0 Å². The normalized spacial score (nSPS) is 10.8. The zero-order valence-corrected chi connectivity index (χ0v) is 10.7. The maximum atomic E-state index is 4.32. The van der Waals surface area contributed by atoms with Crippen LogP contribution < -0.4 is 5.32 Å². The summed E-state index contributed by atoms with van der Waals surface area (Å²) in [6.07, 6.45) is 4.14. The molecule has 3 nitrogen and oxygen atoms in total. The first-order valence-corrected chi connectivity index (χ1v) is 6.02. The van der Waals surface area contributed by atoms with Crippen LogP contribution in [-0.4, -0.2) is 16.5 Å². The second-order valence-corrected chi connectivity index (χ2v) is 4.17. The summed E-state index contributed by atoms with van der Waals surface area (Å²) in [6, 6.07) is 12.2. The minimum Gasteiger partial charge on any atom is -0.351 e. The summed E-state index contributed by atoms with van der Waals surface area (Å²) in [6.45, 7) is 4.66. The molecular weight excluding hydrogens is 222 g/mol. The molecule has 1 aromatic heterocycles. The Morgan fingerprint density at radius 3 is 2.39 bits per heavy atom. The number of rotatable bonds is 4. The largest absolute Gasteiger partial charge is 0.351 e. The van der Waals surface area contributed by atoms with Crippen molar-refractivity contribution in [3.8, 4) is 0 Å². The monoisotopic (exact) mass is 239 g/mol. The van der Waals surface area contributed by atoms with Gasteiger partial charge in [0.2, 0.25) is 5.95 Å². The van der Waals surface area contributed by atoms with Crippen molar-refractivity contribution in [2.75, 3.05) is 11.9 Å². The molecule has 0 spiro atoms. The molecule has 0 saturated heterocycles. The minimum absolute atomic E-state index is 0.685. The van der Waals surface area contributed by atoms with Crippen LogP contribution in [0.5, 0.6) is 0 Å². The first kappa shape index (κ1) is 12.3. The SMILES string of the molecule is Cc1cc(C)nc(NC/C=C/c2ccccc2)n1. The van der Waals surface area contributed by atoms with Gasteiger partial charge in [-0.1, -0.05) is 42.5 Å². The van der Waals surface area contributed by atoms with Crippen LogP contribution in [0, 0.1) is 13.8 Å². The Morgan fingerprint density at radius 2 is 1.72 bits per heavy atom. The predicted octanol–water partition coefficient (Wildman–Crippen LogP) is 3.22. The first-order valence-electron chi connectivity index (χ1n) is 6.02. The third-order valence-electron chi connectivity index (χ3n) is 2.47. The molecule has 2 rings (SSSR count). The van der Waals surface area contributed by atoms with E-state index in [-0.39, 0.29) is 0 Å². The average Bonchev–Trinajstić information content (AvgIpc) is 2.35. The van der Waals surface area contributed by atoms with Crippen LogP contribution in [0.15, 0.2) is 42.5 Å². The highest BCUT2D eigenvalue weighted by Crippen LogP contribution is 2.04. The van der Waals surface area contributed by atoms with Crippen LogP contribution in [0.2, 0.25) is 0 Å². The quantitative estimate of drug-likeness (QED) is 0.890. The zero-order valence-electron chi connectivity index (χ0n) is 10.7. The number of anilines is 1.